The van der Waals surface area contributed by atoms with Crippen LogP contribution in [0.15, 0.2) is 41.5 Å². The van der Waals surface area contributed by atoms with E-state index in [4.69, 9.17) is 9.47 Å². The molecule has 0 fully saturated rings. The summed E-state index contributed by atoms with van der Waals surface area (Å²) in [6, 6.07) is 7.20. The average molecular weight is 465 g/mol. The fourth-order valence-corrected chi connectivity index (χ4v) is 5.64. The van der Waals surface area contributed by atoms with E-state index in [2.05, 4.69) is 5.10 Å². The number of ether oxygens (including phenoxy) is 2. The van der Waals surface area contributed by atoms with Gasteiger partial charge in [0.25, 0.3) is 5.91 Å². The molecule has 3 atom stereocenters. The van der Waals surface area contributed by atoms with Crippen LogP contribution in [0.4, 0.5) is 13.2 Å². The molecule has 0 saturated heterocycles. The summed E-state index contributed by atoms with van der Waals surface area (Å²) in [5, 5.41) is 5.86. The maximum Gasteiger partial charge on any atom is 0.273 e. The monoisotopic (exact) mass is 464 g/mol. The second kappa shape index (κ2) is 8.78. The first-order valence-corrected chi connectivity index (χ1v) is 11.2. The fraction of sp³-hybridized carbons (Fsp3) is 0.391. The van der Waals surface area contributed by atoms with E-state index in [1.165, 1.54) is 30.3 Å². The minimum Gasteiger partial charge on any atom is -0.493 e. The third-order valence-electron chi connectivity index (χ3n) is 5.78. The number of rotatable bonds is 5. The number of nitrogens with zero attached hydrogens (tertiary/aromatic N) is 2. The van der Waals surface area contributed by atoms with E-state index in [0.717, 1.165) is 36.4 Å². The lowest BCUT2D eigenvalue weighted by molar-refractivity contribution is -0.147. The average Bonchev–Trinajstić information content (AvgIpc) is 3.17. The highest BCUT2D eigenvalue weighted by Crippen LogP contribution is 2.58. The lowest BCUT2D eigenvalue weighted by atomic mass is 9.85. The molecule has 2 aromatic rings. The van der Waals surface area contributed by atoms with Gasteiger partial charge in [-0.1, -0.05) is 25.1 Å². The van der Waals surface area contributed by atoms with Crippen LogP contribution in [0.2, 0.25) is 0 Å². The maximum absolute atomic E-state index is 14.7. The summed E-state index contributed by atoms with van der Waals surface area (Å²) in [4.78, 5) is 12.2. The Bertz CT molecular complexity index is 1080. The minimum absolute atomic E-state index is 0.0607. The van der Waals surface area contributed by atoms with Gasteiger partial charge in [0, 0.05) is 24.2 Å². The zero-order valence-electron chi connectivity index (χ0n) is 17.9. The van der Waals surface area contributed by atoms with Crippen LogP contribution in [0.1, 0.15) is 37.8 Å². The van der Waals surface area contributed by atoms with E-state index in [1.807, 2.05) is 6.92 Å². The largest absolute Gasteiger partial charge is 0.493 e. The first-order valence-electron chi connectivity index (χ1n) is 10.3. The number of halogens is 3. The zero-order chi connectivity index (χ0) is 23.0. The molecule has 5 nitrogen and oxygen atoms in total. The number of hydrogen-bond donors (Lipinski definition) is 0. The number of hydrogen-bond acceptors (Lipinski definition) is 5. The van der Waals surface area contributed by atoms with Gasteiger partial charge in [0.05, 0.1) is 6.61 Å². The Morgan fingerprint density at radius 3 is 2.72 bits per heavy atom. The van der Waals surface area contributed by atoms with E-state index >= 15 is 0 Å². The van der Waals surface area contributed by atoms with E-state index in [1.54, 1.807) is 6.92 Å². The molecule has 2 aliphatic rings. The summed E-state index contributed by atoms with van der Waals surface area (Å²) >= 11 is 1.12. The first-order chi connectivity index (χ1) is 15.3. The molecular weight excluding hydrogens is 441 g/mol. The molecule has 4 rings (SSSR count). The normalized spacial score (nSPS) is 23.0. The van der Waals surface area contributed by atoms with Crippen LogP contribution in [0, 0.1) is 23.4 Å². The van der Waals surface area contributed by atoms with Crippen molar-refractivity contribution in [3.8, 4) is 5.75 Å². The molecule has 1 spiro atoms. The fourth-order valence-electron chi connectivity index (χ4n) is 4.12. The molecule has 1 amide bonds. The smallest absolute Gasteiger partial charge is 0.273 e. The maximum atomic E-state index is 14.7. The van der Waals surface area contributed by atoms with Gasteiger partial charge in [0.15, 0.2) is 4.87 Å². The number of hydrazone groups is 1. The van der Waals surface area contributed by atoms with Crippen LogP contribution in [0.25, 0.3) is 0 Å². The SMILES string of the molecule is CCC[C@@H]1COc2ccc(F)cc2[C@]12SC(c1cc(F)ccc1F)=NN2C(=O)[C@@H](C)OC. The van der Waals surface area contributed by atoms with Crippen molar-refractivity contribution in [1.82, 2.24) is 5.01 Å². The number of thioether (sulfide) groups is 1. The highest BCUT2D eigenvalue weighted by atomic mass is 32.2. The van der Waals surface area contributed by atoms with Gasteiger partial charge in [-0.2, -0.15) is 5.10 Å². The summed E-state index contributed by atoms with van der Waals surface area (Å²) in [6.07, 6.45) is 0.560. The summed E-state index contributed by atoms with van der Waals surface area (Å²) in [5.41, 5.74) is 0.369. The molecule has 0 aromatic heterocycles. The third kappa shape index (κ3) is 3.67. The van der Waals surface area contributed by atoms with Crippen LogP contribution in [-0.4, -0.2) is 35.8 Å². The molecular formula is C23H23F3N2O3S. The van der Waals surface area contributed by atoms with Crippen molar-refractivity contribution in [2.75, 3.05) is 13.7 Å². The lowest BCUT2D eigenvalue weighted by Gasteiger charge is -2.45. The van der Waals surface area contributed by atoms with Gasteiger partial charge in [-0.25, -0.2) is 18.2 Å². The Kier molecular flexibility index (Phi) is 6.22. The van der Waals surface area contributed by atoms with Crippen LogP contribution in [0.3, 0.4) is 0 Å². The Hall–Kier alpha value is -2.52. The number of benzene rings is 2. The number of carbonyl (C=O) groups is 1. The van der Waals surface area contributed by atoms with E-state index in [9.17, 15) is 18.0 Å². The van der Waals surface area contributed by atoms with E-state index < -0.39 is 34.3 Å². The predicted molar refractivity (Wildman–Crippen MR) is 116 cm³/mol. The minimum atomic E-state index is -1.19. The van der Waals surface area contributed by atoms with Crippen LogP contribution >= 0.6 is 11.8 Å². The summed E-state index contributed by atoms with van der Waals surface area (Å²) in [7, 11) is 1.40. The van der Waals surface area contributed by atoms with Crippen LogP contribution in [0.5, 0.6) is 5.75 Å². The number of amides is 1. The standard InChI is InChI=1S/C23H23F3N2O3S/c1-4-5-14-12-31-20-9-7-16(25)11-18(20)23(14)28(22(29)13(2)30-3)27-21(32-23)17-10-15(24)6-8-19(17)26/h6-11,13-14H,4-5,12H2,1-3H3/t13-,14-,23-/m1/s1. The first kappa shape index (κ1) is 22.7. The van der Waals surface area contributed by atoms with Crippen molar-refractivity contribution in [2.24, 2.45) is 11.0 Å². The molecule has 0 radical (unpaired) electrons. The molecule has 2 heterocycles. The Balaban J connectivity index is 1.94. The Morgan fingerprint density at radius 1 is 1.28 bits per heavy atom. The van der Waals surface area contributed by atoms with Crippen molar-refractivity contribution in [3.05, 3.63) is 65.0 Å². The van der Waals surface area contributed by atoms with Crippen molar-refractivity contribution in [1.29, 1.82) is 0 Å². The van der Waals surface area contributed by atoms with Gasteiger partial charge in [0.1, 0.15) is 34.3 Å². The zero-order valence-corrected chi connectivity index (χ0v) is 18.7. The van der Waals surface area contributed by atoms with Crippen molar-refractivity contribution < 1.29 is 27.4 Å². The Labute approximate surface area is 188 Å². The van der Waals surface area contributed by atoms with Gasteiger partial charge in [-0.3, -0.25) is 4.79 Å². The van der Waals surface area contributed by atoms with E-state index in [-0.39, 0.29) is 23.1 Å². The second-order valence-corrected chi connectivity index (χ2v) is 9.01. The van der Waals surface area contributed by atoms with E-state index in [0.29, 0.717) is 17.7 Å². The molecule has 0 saturated carbocycles. The summed E-state index contributed by atoms with van der Waals surface area (Å²) in [6.45, 7) is 3.84. The molecule has 2 aliphatic heterocycles. The van der Waals surface area contributed by atoms with Gasteiger partial charge in [0.2, 0.25) is 0 Å². The molecule has 0 N–H and O–H groups in total. The van der Waals surface area contributed by atoms with Crippen LogP contribution in [-0.2, 0) is 14.4 Å². The second-order valence-electron chi connectivity index (χ2n) is 7.79. The molecule has 32 heavy (non-hydrogen) atoms. The molecule has 9 heteroatoms. The number of methoxy groups -OCH3 is 1. The lowest BCUT2D eigenvalue weighted by Crippen LogP contribution is -2.53. The van der Waals surface area contributed by atoms with Crippen LogP contribution < -0.4 is 4.74 Å². The highest BCUT2D eigenvalue weighted by Gasteiger charge is 2.57. The summed E-state index contributed by atoms with van der Waals surface area (Å²) < 4.78 is 54.2. The topological polar surface area (TPSA) is 51.1 Å². The van der Waals surface area contributed by atoms with Crippen molar-refractivity contribution in [3.63, 3.8) is 0 Å². The van der Waals surface area contributed by atoms with Gasteiger partial charge in [-0.05, 0) is 49.7 Å². The summed E-state index contributed by atoms with van der Waals surface area (Å²) in [5.74, 6) is -2.12. The number of fused-ring (bicyclic) bond motifs is 2. The van der Waals surface area contributed by atoms with Gasteiger partial charge < -0.3 is 9.47 Å². The highest BCUT2D eigenvalue weighted by molar-refractivity contribution is 8.15. The molecule has 0 aliphatic carbocycles. The molecule has 0 bridgehead atoms. The van der Waals surface area contributed by atoms with Crippen molar-refractivity contribution in [2.45, 2.75) is 37.7 Å². The van der Waals surface area contributed by atoms with Gasteiger partial charge >= 0.3 is 0 Å². The molecule has 170 valence electrons. The number of carbonyl (C=O) groups excluding carboxylic acids is 1. The molecule has 2 aromatic carbocycles. The quantitative estimate of drug-likeness (QED) is 0.622. The van der Waals surface area contributed by atoms with Crippen molar-refractivity contribution >= 4 is 22.7 Å². The van der Waals surface area contributed by atoms with Gasteiger partial charge in [-0.15, -0.1) is 0 Å². The predicted octanol–water partition coefficient (Wildman–Crippen LogP) is 5.04. The third-order valence-corrected chi connectivity index (χ3v) is 7.32. The molecule has 0 unspecified atom stereocenters. The Morgan fingerprint density at radius 2 is 2.00 bits per heavy atom.